The van der Waals surface area contributed by atoms with Crippen LogP contribution in [0.3, 0.4) is 0 Å². The third-order valence-electron chi connectivity index (χ3n) is 2.47. The van der Waals surface area contributed by atoms with Crippen molar-refractivity contribution in [3.8, 4) is 5.75 Å². The molecule has 0 spiro atoms. The Morgan fingerprint density at radius 1 is 1.53 bits per heavy atom. The maximum absolute atomic E-state index is 11.3. The minimum Gasteiger partial charge on any atom is -0.496 e. The number of methoxy groups -OCH3 is 1. The third kappa shape index (κ3) is 4.36. The summed E-state index contributed by atoms with van der Waals surface area (Å²) in [5, 5.41) is 1.13. The zero-order chi connectivity index (χ0) is 12.8. The molecule has 0 saturated carbocycles. The van der Waals surface area contributed by atoms with Crippen molar-refractivity contribution in [2.75, 3.05) is 14.2 Å². The summed E-state index contributed by atoms with van der Waals surface area (Å²) < 4.78 is 6.08. The lowest BCUT2D eigenvalue weighted by atomic mass is 10.1. The van der Waals surface area contributed by atoms with Crippen LogP contribution in [-0.2, 0) is 11.2 Å². The molecule has 1 aromatic rings. The molecule has 0 fully saturated rings. The molecule has 0 radical (unpaired) electrons. The maximum atomic E-state index is 11.3. The molecule has 94 valence electrons. The third-order valence-corrected chi connectivity index (χ3v) is 3.09. The first kappa shape index (κ1) is 14.0. The van der Waals surface area contributed by atoms with Gasteiger partial charge in [-0.15, -0.1) is 0 Å². The van der Waals surface area contributed by atoms with Gasteiger partial charge in [0.2, 0.25) is 5.91 Å². The van der Waals surface area contributed by atoms with Gasteiger partial charge < -0.3 is 4.74 Å². The van der Waals surface area contributed by atoms with Gasteiger partial charge in [0.25, 0.3) is 0 Å². The Morgan fingerprint density at radius 3 is 2.76 bits per heavy atom. The van der Waals surface area contributed by atoms with Crippen molar-refractivity contribution in [1.29, 1.82) is 0 Å². The van der Waals surface area contributed by atoms with Gasteiger partial charge in [0.15, 0.2) is 0 Å². The summed E-state index contributed by atoms with van der Waals surface area (Å²) in [6.45, 7) is 0. The second kappa shape index (κ2) is 6.61. The number of hydrazine groups is 1. The Kier molecular flexibility index (Phi) is 5.44. The van der Waals surface area contributed by atoms with Gasteiger partial charge in [-0.25, -0.2) is 5.84 Å². The fraction of sp³-hybridized carbons (Fsp3) is 0.417. The van der Waals surface area contributed by atoms with Crippen molar-refractivity contribution < 1.29 is 9.53 Å². The Labute approximate surface area is 110 Å². The topological polar surface area (TPSA) is 55.6 Å². The van der Waals surface area contributed by atoms with Gasteiger partial charge in [0, 0.05) is 13.5 Å². The number of hydrogen-bond acceptors (Lipinski definition) is 3. The highest BCUT2D eigenvalue weighted by atomic mass is 79.9. The van der Waals surface area contributed by atoms with Crippen molar-refractivity contribution in [2.24, 2.45) is 5.84 Å². The average molecular weight is 301 g/mol. The summed E-state index contributed by atoms with van der Waals surface area (Å²) in [4.78, 5) is 11.3. The molecule has 1 aromatic carbocycles. The van der Waals surface area contributed by atoms with E-state index in [0.29, 0.717) is 6.42 Å². The highest BCUT2D eigenvalue weighted by Crippen LogP contribution is 2.26. The van der Waals surface area contributed by atoms with E-state index in [0.717, 1.165) is 28.1 Å². The molecule has 1 rings (SSSR count). The van der Waals surface area contributed by atoms with Crippen LogP contribution in [0.2, 0.25) is 0 Å². The number of nitrogens with two attached hydrogens (primary N) is 1. The molecule has 17 heavy (non-hydrogen) atoms. The van der Waals surface area contributed by atoms with E-state index in [-0.39, 0.29) is 5.91 Å². The predicted octanol–water partition coefficient (Wildman–Crippen LogP) is 2.11. The van der Waals surface area contributed by atoms with Crippen LogP contribution in [0.15, 0.2) is 22.7 Å². The fourth-order valence-corrected chi connectivity index (χ4v) is 2.07. The molecule has 0 heterocycles. The second-order valence-electron chi connectivity index (χ2n) is 3.83. The average Bonchev–Trinajstić information content (AvgIpc) is 2.29. The highest BCUT2D eigenvalue weighted by molar-refractivity contribution is 9.10. The number of halogens is 1. The molecule has 5 heteroatoms. The van der Waals surface area contributed by atoms with E-state index in [2.05, 4.69) is 15.9 Å². The molecule has 0 bridgehead atoms. The summed E-state index contributed by atoms with van der Waals surface area (Å²) in [6, 6.07) is 5.92. The minimum atomic E-state index is -0.0439. The maximum Gasteiger partial charge on any atom is 0.236 e. The summed E-state index contributed by atoms with van der Waals surface area (Å²) in [5.41, 5.74) is 1.17. The second-order valence-corrected chi connectivity index (χ2v) is 4.68. The molecule has 0 aliphatic carbocycles. The van der Waals surface area contributed by atoms with E-state index in [4.69, 9.17) is 10.6 Å². The first-order chi connectivity index (χ1) is 8.04. The van der Waals surface area contributed by atoms with Crippen molar-refractivity contribution in [3.63, 3.8) is 0 Å². The molecule has 4 nitrogen and oxygen atoms in total. The summed E-state index contributed by atoms with van der Waals surface area (Å²) in [7, 11) is 3.20. The van der Waals surface area contributed by atoms with E-state index < -0.39 is 0 Å². The smallest absolute Gasteiger partial charge is 0.236 e. The standard InChI is InChI=1S/C12H17BrN2O2/c1-15(14)12(16)5-3-4-9-6-7-11(17-2)10(13)8-9/h6-8H,3-5,14H2,1-2H3. The van der Waals surface area contributed by atoms with E-state index in [1.54, 1.807) is 14.2 Å². The molecule has 0 unspecified atom stereocenters. The number of aryl methyl sites for hydroxylation is 1. The van der Waals surface area contributed by atoms with Crippen molar-refractivity contribution in [2.45, 2.75) is 19.3 Å². The van der Waals surface area contributed by atoms with E-state index in [9.17, 15) is 4.79 Å². The van der Waals surface area contributed by atoms with Gasteiger partial charge in [-0.3, -0.25) is 9.80 Å². The Hall–Kier alpha value is -1.07. The molecular weight excluding hydrogens is 284 g/mol. The van der Waals surface area contributed by atoms with Crippen molar-refractivity contribution in [3.05, 3.63) is 28.2 Å². The lowest BCUT2D eigenvalue weighted by Gasteiger charge is -2.10. The van der Waals surface area contributed by atoms with Gasteiger partial charge in [-0.05, 0) is 46.5 Å². The van der Waals surface area contributed by atoms with Crippen LogP contribution in [0.25, 0.3) is 0 Å². The van der Waals surface area contributed by atoms with Crippen LogP contribution >= 0.6 is 15.9 Å². The summed E-state index contributed by atoms with van der Waals surface area (Å²) in [5.74, 6) is 6.10. The quantitative estimate of drug-likeness (QED) is 0.515. The van der Waals surface area contributed by atoms with Crippen LogP contribution in [0.1, 0.15) is 18.4 Å². The molecule has 2 N–H and O–H groups in total. The SMILES string of the molecule is COc1ccc(CCCC(=O)N(C)N)cc1Br. The number of ether oxygens (including phenoxy) is 1. The first-order valence-electron chi connectivity index (χ1n) is 5.38. The highest BCUT2D eigenvalue weighted by Gasteiger charge is 2.05. The largest absolute Gasteiger partial charge is 0.496 e. The normalized spacial score (nSPS) is 10.1. The van der Waals surface area contributed by atoms with Gasteiger partial charge in [0.05, 0.1) is 11.6 Å². The van der Waals surface area contributed by atoms with E-state index in [1.807, 2.05) is 18.2 Å². The van der Waals surface area contributed by atoms with Gasteiger partial charge in [-0.2, -0.15) is 0 Å². The lowest BCUT2D eigenvalue weighted by Crippen LogP contribution is -2.32. The van der Waals surface area contributed by atoms with Gasteiger partial charge in [-0.1, -0.05) is 6.07 Å². The summed E-state index contributed by atoms with van der Waals surface area (Å²) >= 11 is 3.43. The zero-order valence-corrected chi connectivity index (χ0v) is 11.7. The molecule has 0 saturated heterocycles. The molecular formula is C12H17BrN2O2. The first-order valence-corrected chi connectivity index (χ1v) is 6.17. The molecule has 0 atom stereocenters. The van der Waals surface area contributed by atoms with Crippen LogP contribution in [0.4, 0.5) is 0 Å². The number of rotatable bonds is 5. The van der Waals surface area contributed by atoms with Gasteiger partial charge in [0.1, 0.15) is 5.75 Å². The summed E-state index contributed by atoms with van der Waals surface area (Å²) in [6.07, 6.45) is 2.11. The monoisotopic (exact) mass is 300 g/mol. The number of nitrogens with zero attached hydrogens (tertiary/aromatic N) is 1. The van der Waals surface area contributed by atoms with Crippen LogP contribution < -0.4 is 10.6 Å². The number of benzene rings is 1. The van der Waals surface area contributed by atoms with Crippen molar-refractivity contribution in [1.82, 2.24) is 5.01 Å². The molecule has 1 amide bonds. The van der Waals surface area contributed by atoms with Gasteiger partial charge >= 0.3 is 0 Å². The van der Waals surface area contributed by atoms with Crippen molar-refractivity contribution >= 4 is 21.8 Å². The van der Waals surface area contributed by atoms with E-state index in [1.165, 1.54) is 5.56 Å². The zero-order valence-electron chi connectivity index (χ0n) is 10.1. The molecule has 0 aromatic heterocycles. The lowest BCUT2D eigenvalue weighted by molar-refractivity contribution is -0.130. The van der Waals surface area contributed by atoms with Crippen LogP contribution in [-0.4, -0.2) is 25.1 Å². The molecule has 0 aliphatic heterocycles. The Balaban J connectivity index is 2.47. The number of hydrogen-bond donors (Lipinski definition) is 1. The Bertz CT molecular complexity index is 394. The Morgan fingerprint density at radius 2 is 2.24 bits per heavy atom. The number of amides is 1. The predicted molar refractivity (Wildman–Crippen MR) is 70.6 cm³/mol. The molecule has 0 aliphatic rings. The fourth-order valence-electron chi connectivity index (χ4n) is 1.49. The minimum absolute atomic E-state index is 0.0439. The van der Waals surface area contributed by atoms with Crippen LogP contribution in [0.5, 0.6) is 5.75 Å². The number of carbonyl (C=O) groups excluding carboxylic acids is 1. The number of carbonyl (C=O) groups is 1. The van der Waals surface area contributed by atoms with Crippen LogP contribution in [0, 0.1) is 0 Å². The van der Waals surface area contributed by atoms with E-state index >= 15 is 0 Å².